The van der Waals surface area contributed by atoms with Gasteiger partial charge in [0.2, 0.25) is 0 Å². The van der Waals surface area contributed by atoms with E-state index in [1.165, 1.54) is 25.7 Å². The van der Waals surface area contributed by atoms with Crippen molar-refractivity contribution < 1.29 is 4.79 Å². The molecule has 0 aliphatic heterocycles. The van der Waals surface area contributed by atoms with Gasteiger partial charge in [-0.15, -0.1) is 0 Å². The van der Waals surface area contributed by atoms with E-state index < -0.39 is 0 Å². The lowest BCUT2D eigenvalue weighted by molar-refractivity contribution is 0.230. The van der Waals surface area contributed by atoms with E-state index in [2.05, 4.69) is 17.6 Å². The van der Waals surface area contributed by atoms with Gasteiger partial charge in [-0.25, -0.2) is 4.79 Å². The van der Waals surface area contributed by atoms with Gasteiger partial charge in [-0.1, -0.05) is 29.6 Å². The normalized spacial score (nSPS) is 28.4. The largest absolute Gasteiger partial charge is 0.335 e. The van der Waals surface area contributed by atoms with Crippen molar-refractivity contribution in [2.24, 2.45) is 17.8 Å². The molecule has 3 nitrogen and oxygen atoms in total. The Bertz CT molecular complexity index is 549. The van der Waals surface area contributed by atoms with Gasteiger partial charge >= 0.3 is 6.03 Å². The number of rotatable bonds is 3. The lowest BCUT2D eigenvalue weighted by Gasteiger charge is -2.28. The molecule has 4 atom stereocenters. The molecule has 3 rings (SSSR count). The molecule has 21 heavy (non-hydrogen) atoms. The molecule has 5 heteroatoms. The maximum atomic E-state index is 12.1. The Balaban J connectivity index is 1.55. The fourth-order valence-electron chi connectivity index (χ4n) is 3.96. The van der Waals surface area contributed by atoms with Crippen LogP contribution in [0.4, 0.5) is 10.5 Å². The second-order valence-electron chi connectivity index (χ2n) is 6.35. The quantitative estimate of drug-likeness (QED) is 0.811. The van der Waals surface area contributed by atoms with Crippen LogP contribution in [0.2, 0.25) is 10.0 Å². The van der Waals surface area contributed by atoms with Crippen LogP contribution in [0.15, 0.2) is 18.2 Å². The highest BCUT2D eigenvalue weighted by Crippen LogP contribution is 2.49. The zero-order valence-electron chi connectivity index (χ0n) is 12.0. The highest BCUT2D eigenvalue weighted by molar-refractivity contribution is 6.42. The van der Waals surface area contributed by atoms with Crippen LogP contribution in [0.25, 0.3) is 0 Å². The van der Waals surface area contributed by atoms with E-state index in [1.807, 2.05) is 0 Å². The Labute approximate surface area is 135 Å². The monoisotopic (exact) mass is 326 g/mol. The molecule has 0 aromatic heterocycles. The number of urea groups is 1. The summed E-state index contributed by atoms with van der Waals surface area (Å²) in [4.78, 5) is 12.1. The first-order chi connectivity index (χ1) is 10.0. The number of halogens is 2. The first kappa shape index (κ1) is 15.0. The number of carbonyl (C=O) groups is 1. The highest BCUT2D eigenvalue weighted by atomic mass is 35.5. The molecule has 1 aromatic rings. The lowest BCUT2D eigenvalue weighted by atomic mass is 9.84. The van der Waals surface area contributed by atoms with Crippen molar-refractivity contribution in [2.75, 3.05) is 5.32 Å². The molecule has 2 saturated carbocycles. The minimum absolute atomic E-state index is 0.177. The number of amides is 2. The summed E-state index contributed by atoms with van der Waals surface area (Å²) < 4.78 is 0. The number of nitrogens with one attached hydrogen (secondary N) is 2. The number of carbonyl (C=O) groups excluding carboxylic acids is 1. The first-order valence-electron chi connectivity index (χ1n) is 7.55. The molecular weight excluding hydrogens is 307 g/mol. The molecule has 2 N–H and O–H groups in total. The summed E-state index contributed by atoms with van der Waals surface area (Å²) in [6, 6.07) is 5.12. The average Bonchev–Trinajstić information content (AvgIpc) is 3.05. The summed E-state index contributed by atoms with van der Waals surface area (Å²) in [6.45, 7) is 2.11. The van der Waals surface area contributed by atoms with Crippen LogP contribution >= 0.6 is 23.2 Å². The smallest absolute Gasteiger partial charge is 0.319 e. The summed E-state index contributed by atoms with van der Waals surface area (Å²) in [5.74, 6) is 2.32. The summed E-state index contributed by atoms with van der Waals surface area (Å²) in [5.41, 5.74) is 0.655. The molecule has 2 aliphatic rings. The van der Waals surface area contributed by atoms with Crippen molar-refractivity contribution in [1.82, 2.24) is 5.32 Å². The van der Waals surface area contributed by atoms with Gasteiger partial charge in [-0.2, -0.15) is 0 Å². The molecule has 0 unspecified atom stereocenters. The van der Waals surface area contributed by atoms with Gasteiger partial charge in [-0.3, -0.25) is 0 Å². The first-order valence-corrected chi connectivity index (χ1v) is 8.31. The van der Waals surface area contributed by atoms with Crippen molar-refractivity contribution in [3.8, 4) is 0 Å². The molecule has 1 aromatic carbocycles. The van der Waals surface area contributed by atoms with Gasteiger partial charge in [0.05, 0.1) is 10.0 Å². The number of anilines is 1. The maximum Gasteiger partial charge on any atom is 0.319 e. The fraction of sp³-hybridized carbons (Fsp3) is 0.562. The molecule has 0 radical (unpaired) electrons. The minimum Gasteiger partial charge on any atom is -0.335 e. The van der Waals surface area contributed by atoms with Crippen molar-refractivity contribution in [3.05, 3.63) is 28.2 Å². The molecule has 2 aliphatic carbocycles. The van der Waals surface area contributed by atoms with Crippen molar-refractivity contribution >= 4 is 34.9 Å². The van der Waals surface area contributed by atoms with Crippen molar-refractivity contribution in [3.63, 3.8) is 0 Å². The number of benzene rings is 1. The van der Waals surface area contributed by atoms with Gasteiger partial charge in [0.15, 0.2) is 0 Å². The third kappa shape index (κ3) is 3.29. The summed E-state index contributed by atoms with van der Waals surface area (Å²) in [6.07, 6.45) is 5.32. The van der Waals surface area contributed by atoms with E-state index in [9.17, 15) is 4.79 Å². The Morgan fingerprint density at radius 3 is 2.67 bits per heavy atom. The van der Waals surface area contributed by atoms with E-state index in [0.29, 0.717) is 21.7 Å². The summed E-state index contributed by atoms with van der Waals surface area (Å²) in [7, 11) is 0. The average molecular weight is 327 g/mol. The molecular formula is C16H20Cl2N2O. The van der Waals surface area contributed by atoms with Crippen LogP contribution in [0, 0.1) is 17.8 Å². The van der Waals surface area contributed by atoms with Crippen LogP contribution in [-0.4, -0.2) is 12.1 Å². The third-order valence-electron chi connectivity index (χ3n) is 4.97. The van der Waals surface area contributed by atoms with Crippen LogP contribution in [0.5, 0.6) is 0 Å². The Hall–Kier alpha value is -0.930. The van der Waals surface area contributed by atoms with Gasteiger partial charge in [0, 0.05) is 11.7 Å². The van der Waals surface area contributed by atoms with Crippen LogP contribution in [0.3, 0.4) is 0 Å². The number of hydrogen-bond acceptors (Lipinski definition) is 1. The number of hydrogen-bond donors (Lipinski definition) is 2. The standard InChI is InChI=1S/C16H20Cl2N2O/c1-9(13-7-10-2-3-11(13)6-10)19-16(21)20-12-4-5-14(17)15(18)8-12/h4-5,8-11,13H,2-3,6-7H2,1H3,(H2,19,20,21)/t9-,10+,11+,13-/m1/s1. The molecule has 2 bridgehead atoms. The second kappa shape index (κ2) is 6.05. The lowest BCUT2D eigenvalue weighted by Crippen LogP contribution is -2.42. The molecule has 114 valence electrons. The van der Waals surface area contributed by atoms with Gasteiger partial charge in [0.1, 0.15) is 0 Å². The topological polar surface area (TPSA) is 41.1 Å². The summed E-state index contributed by atoms with van der Waals surface area (Å²) in [5, 5.41) is 6.80. The maximum absolute atomic E-state index is 12.1. The van der Waals surface area contributed by atoms with E-state index in [4.69, 9.17) is 23.2 Å². The van der Waals surface area contributed by atoms with Crippen molar-refractivity contribution in [2.45, 2.75) is 38.6 Å². The highest BCUT2D eigenvalue weighted by Gasteiger charge is 2.42. The van der Waals surface area contributed by atoms with E-state index in [0.717, 1.165) is 11.8 Å². The second-order valence-corrected chi connectivity index (χ2v) is 7.17. The van der Waals surface area contributed by atoms with Crippen LogP contribution in [-0.2, 0) is 0 Å². The van der Waals surface area contributed by atoms with E-state index in [1.54, 1.807) is 18.2 Å². The molecule has 0 spiro atoms. The molecule has 2 amide bonds. The minimum atomic E-state index is -0.177. The predicted molar refractivity (Wildman–Crippen MR) is 87.0 cm³/mol. The summed E-state index contributed by atoms with van der Waals surface area (Å²) >= 11 is 11.8. The number of fused-ring (bicyclic) bond motifs is 2. The third-order valence-corrected chi connectivity index (χ3v) is 5.71. The fourth-order valence-corrected chi connectivity index (χ4v) is 4.26. The van der Waals surface area contributed by atoms with Crippen LogP contribution < -0.4 is 10.6 Å². The molecule has 2 fully saturated rings. The zero-order chi connectivity index (χ0) is 15.0. The van der Waals surface area contributed by atoms with E-state index >= 15 is 0 Å². The Morgan fingerprint density at radius 1 is 1.24 bits per heavy atom. The van der Waals surface area contributed by atoms with Crippen LogP contribution in [0.1, 0.15) is 32.6 Å². The van der Waals surface area contributed by atoms with Gasteiger partial charge in [-0.05, 0) is 62.1 Å². The Kier molecular flexibility index (Phi) is 4.32. The zero-order valence-corrected chi connectivity index (χ0v) is 13.5. The van der Waals surface area contributed by atoms with E-state index in [-0.39, 0.29) is 12.1 Å². The molecule has 0 heterocycles. The van der Waals surface area contributed by atoms with Crippen molar-refractivity contribution in [1.29, 1.82) is 0 Å². The van der Waals surface area contributed by atoms with Gasteiger partial charge in [0.25, 0.3) is 0 Å². The predicted octanol–water partition coefficient (Wildman–Crippen LogP) is 4.94. The Morgan fingerprint density at radius 2 is 2.05 bits per heavy atom. The molecule has 0 saturated heterocycles. The SMILES string of the molecule is C[C@@H](NC(=O)Nc1ccc(Cl)c(Cl)c1)[C@H]1C[C@H]2CC[C@H]1C2. The van der Waals surface area contributed by atoms with Gasteiger partial charge < -0.3 is 10.6 Å².